The van der Waals surface area contributed by atoms with E-state index in [-0.39, 0.29) is 0 Å². The number of ether oxygens (including phenoxy) is 1. The Morgan fingerprint density at radius 2 is 1.76 bits per heavy atom. The number of hydrogen-bond acceptors (Lipinski definition) is 2. The van der Waals surface area contributed by atoms with Crippen molar-refractivity contribution >= 4 is 11.0 Å². The van der Waals surface area contributed by atoms with Crippen molar-refractivity contribution in [2.24, 2.45) is 0 Å². The second-order valence-electron chi connectivity index (χ2n) is 6.84. The van der Waals surface area contributed by atoms with E-state index in [9.17, 15) is 0 Å². The molecule has 1 heterocycles. The van der Waals surface area contributed by atoms with Crippen LogP contribution >= 0.6 is 0 Å². The predicted octanol–water partition coefficient (Wildman–Crippen LogP) is 5.25. The van der Waals surface area contributed by atoms with Crippen LogP contribution in [0.5, 0.6) is 5.75 Å². The predicted molar refractivity (Wildman–Crippen MR) is 105 cm³/mol. The van der Waals surface area contributed by atoms with E-state index in [4.69, 9.17) is 9.72 Å². The molecule has 0 aliphatic rings. The van der Waals surface area contributed by atoms with Crippen LogP contribution in [0.1, 0.15) is 42.3 Å². The van der Waals surface area contributed by atoms with Crippen LogP contribution in [0.3, 0.4) is 0 Å². The summed E-state index contributed by atoms with van der Waals surface area (Å²) in [5.74, 6) is 2.19. The maximum absolute atomic E-state index is 5.51. The number of benzene rings is 2. The molecule has 0 amide bonds. The van der Waals surface area contributed by atoms with Crippen LogP contribution in [0, 0.1) is 13.8 Å². The zero-order valence-corrected chi connectivity index (χ0v) is 15.8. The van der Waals surface area contributed by atoms with E-state index in [1.165, 1.54) is 28.0 Å². The summed E-state index contributed by atoms with van der Waals surface area (Å²) in [5, 5.41) is 0. The number of rotatable bonds is 7. The third kappa shape index (κ3) is 3.87. The Labute approximate surface area is 150 Å². The van der Waals surface area contributed by atoms with Gasteiger partial charge in [0, 0.05) is 13.0 Å². The van der Waals surface area contributed by atoms with Crippen LogP contribution < -0.4 is 4.74 Å². The summed E-state index contributed by atoms with van der Waals surface area (Å²) in [7, 11) is 1.75. The van der Waals surface area contributed by atoms with Gasteiger partial charge in [-0.15, -0.1) is 0 Å². The van der Waals surface area contributed by atoms with Crippen molar-refractivity contribution in [3.63, 3.8) is 0 Å². The number of nitrogens with zero attached hydrogens (tertiary/aromatic N) is 2. The first-order valence-electron chi connectivity index (χ1n) is 9.21. The summed E-state index contributed by atoms with van der Waals surface area (Å²) in [4.78, 5) is 4.92. The SMILES string of the molecule is CCCn1c(CCCc2cc(C)ccc2OC)nc2cc(C)ccc21. The van der Waals surface area contributed by atoms with Crippen molar-refractivity contribution in [1.82, 2.24) is 9.55 Å². The van der Waals surface area contributed by atoms with Gasteiger partial charge < -0.3 is 9.30 Å². The minimum absolute atomic E-state index is 0.989. The van der Waals surface area contributed by atoms with Gasteiger partial charge in [-0.3, -0.25) is 0 Å². The van der Waals surface area contributed by atoms with E-state index in [0.29, 0.717) is 0 Å². The van der Waals surface area contributed by atoms with Crippen LogP contribution in [0.25, 0.3) is 11.0 Å². The van der Waals surface area contributed by atoms with Crippen molar-refractivity contribution in [3.05, 3.63) is 58.9 Å². The molecule has 0 atom stereocenters. The monoisotopic (exact) mass is 336 g/mol. The Hall–Kier alpha value is -2.29. The molecule has 3 aromatic rings. The molecule has 0 bridgehead atoms. The van der Waals surface area contributed by atoms with Gasteiger partial charge in [-0.25, -0.2) is 4.98 Å². The van der Waals surface area contributed by atoms with Crippen molar-refractivity contribution in [3.8, 4) is 5.75 Å². The number of aryl methyl sites for hydroxylation is 5. The highest BCUT2D eigenvalue weighted by Gasteiger charge is 2.11. The lowest BCUT2D eigenvalue weighted by atomic mass is 10.0. The molecule has 2 aromatic carbocycles. The van der Waals surface area contributed by atoms with E-state index in [1.807, 2.05) is 0 Å². The Kier molecular flexibility index (Phi) is 5.42. The van der Waals surface area contributed by atoms with Crippen molar-refractivity contribution in [2.45, 2.75) is 53.0 Å². The maximum Gasteiger partial charge on any atom is 0.122 e. The lowest BCUT2D eigenvalue weighted by Gasteiger charge is -2.10. The smallest absolute Gasteiger partial charge is 0.122 e. The molecule has 3 nitrogen and oxygen atoms in total. The molecule has 0 spiro atoms. The first-order valence-corrected chi connectivity index (χ1v) is 9.21. The highest BCUT2D eigenvalue weighted by Crippen LogP contribution is 2.23. The average Bonchev–Trinajstić information content (AvgIpc) is 2.92. The first-order chi connectivity index (χ1) is 12.1. The van der Waals surface area contributed by atoms with Crippen molar-refractivity contribution in [2.75, 3.05) is 7.11 Å². The van der Waals surface area contributed by atoms with E-state index in [0.717, 1.165) is 43.5 Å². The zero-order chi connectivity index (χ0) is 17.8. The van der Waals surface area contributed by atoms with Gasteiger partial charge in [0.05, 0.1) is 18.1 Å². The lowest BCUT2D eigenvalue weighted by Crippen LogP contribution is -2.04. The molecule has 0 aliphatic carbocycles. The Morgan fingerprint density at radius 3 is 2.52 bits per heavy atom. The summed E-state index contributed by atoms with van der Waals surface area (Å²) in [6.07, 6.45) is 4.20. The van der Waals surface area contributed by atoms with Gasteiger partial charge in [0.15, 0.2) is 0 Å². The van der Waals surface area contributed by atoms with Crippen LogP contribution in [0.4, 0.5) is 0 Å². The molecular weight excluding hydrogens is 308 g/mol. The Bertz CT molecular complexity index is 864. The third-order valence-electron chi connectivity index (χ3n) is 4.71. The number of fused-ring (bicyclic) bond motifs is 1. The molecule has 1 aromatic heterocycles. The molecule has 0 fully saturated rings. The normalized spacial score (nSPS) is 11.2. The number of hydrogen-bond donors (Lipinski definition) is 0. The van der Waals surface area contributed by atoms with Crippen LogP contribution in [-0.4, -0.2) is 16.7 Å². The fourth-order valence-corrected chi connectivity index (χ4v) is 3.49. The quantitative estimate of drug-likeness (QED) is 0.589. The van der Waals surface area contributed by atoms with Crippen LogP contribution in [0.15, 0.2) is 36.4 Å². The maximum atomic E-state index is 5.51. The molecule has 132 valence electrons. The Balaban J connectivity index is 1.79. The second kappa shape index (κ2) is 7.73. The van der Waals surface area contributed by atoms with Crippen molar-refractivity contribution in [1.29, 1.82) is 0 Å². The molecule has 0 N–H and O–H groups in total. The molecule has 0 saturated carbocycles. The number of methoxy groups -OCH3 is 1. The zero-order valence-electron chi connectivity index (χ0n) is 15.8. The van der Waals surface area contributed by atoms with Gasteiger partial charge in [-0.05, 0) is 62.4 Å². The molecule has 25 heavy (non-hydrogen) atoms. The molecule has 0 aliphatic heterocycles. The second-order valence-corrected chi connectivity index (χ2v) is 6.84. The first kappa shape index (κ1) is 17.5. The summed E-state index contributed by atoms with van der Waals surface area (Å²) >= 11 is 0. The fourth-order valence-electron chi connectivity index (χ4n) is 3.49. The van der Waals surface area contributed by atoms with E-state index in [1.54, 1.807) is 7.11 Å². The largest absolute Gasteiger partial charge is 0.496 e. The van der Waals surface area contributed by atoms with Gasteiger partial charge in [-0.2, -0.15) is 0 Å². The van der Waals surface area contributed by atoms with E-state index in [2.05, 4.69) is 61.7 Å². The summed E-state index contributed by atoms with van der Waals surface area (Å²) < 4.78 is 7.90. The van der Waals surface area contributed by atoms with Crippen molar-refractivity contribution < 1.29 is 4.74 Å². The molecule has 0 unspecified atom stereocenters. The topological polar surface area (TPSA) is 27.1 Å². The highest BCUT2D eigenvalue weighted by molar-refractivity contribution is 5.76. The molecule has 0 radical (unpaired) electrons. The average molecular weight is 336 g/mol. The van der Waals surface area contributed by atoms with E-state index >= 15 is 0 Å². The van der Waals surface area contributed by atoms with Crippen LogP contribution in [-0.2, 0) is 19.4 Å². The molecule has 3 heteroatoms. The van der Waals surface area contributed by atoms with Gasteiger partial charge in [0.2, 0.25) is 0 Å². The number of imidazole rings is 1. The minimum Gasteiger partial charge on any atom is -0.496 e. The highest BCUT2D eigenvalue weighted by atomic mass is 16.5. The van der Waals surface area contributed by atoms with Crippen LogP contribution in [0.2, 0.25) is 0 Å². The molecule has 3 rings (SSSR count). The summed E-state index contributed by atoms with van der Waals surface area (Å²) in [6.45, 7) is 7.51. The molecule has 0 saturated heterocycles. The standard InChI is InChI=1S/C22H28N2O/c1-5-13-24-20-11-9-17(3)15-19(20)23-22(24)8-6-7-18-14-16(2)10-12-21(18)25-4/h9-12,14-15H,5-8,13H2,1-4H3. The Morgan fingerprint density at radius 1 is 1.00 bits per heavy atom. The summed E-state index contributed by atoms with van der Waals surface area (Å²) in [5.41, 5.74) is 6.22. The fraction of sp³-hybridized carbons (Fsp3) is 0.409. The van der Waals surface area contributed by atoms with E-state index < -0.39 is 0 Å². The van der Waals surface area contributed by atoms with Gasteiger partial charge in [0.25, 0.3) is 0 Å². The minimum atomic E-state index is 0.989. The molecular formula is C22H28N2O. The van der Waals surface area contributed by atoms with Gasteiger partial charge >= 0.3 is 0 Å². The lowest BCUT2D eigenvalue weighted by molar-refractivity contribution is 0.409. The van der Waals surface area contributed by atoms with Gasteiger partial charge in [-0.1, -0.05) is 30.7 Å². The summed E-state index contributed by atoms with van der Waals surface area (Å²) in [6, 6.07) is 13.0. The number of aromatic nitrogens is 2. The van der Waals surface area contributed by atoms with Gasteiger partial charge in [0.1, 0.15) is 11.6 Å². The third-order valence-corrected chi connectivity index (χ3v) is 4.71.